The second-order valence-corrected chi connectivity index (χ2v) is 12.3. The first-order chi connectivity index (χ1) is 22.9. The molecule has 4 aromatic carbocycles. The summed E-state index contributed by atoms with van der Waals surface area (Å²) in [7, 11) is 0. The standard InChI is InChI=1S/C39H36ClNO6/c40-34-22-30(43)18-16-27(34)20-26(25-10-4-1-5-11-25)17-19-35(44)36-28(24-47-31-14-8-3-9-15-31)21-32-37(33(36)23-42)39(46)41(38(32)45)29-12-6-2-7-13-29/h1-16,18,20,22,32-33,35,37,42-44H,17,19,21,23-24H2/b26-20-/t32-,33+,35-,37-/m1/s1. The second-order valence-electron chi connectivity index (χ2n) is 11.9. The fourth-order valence-electron chi connectivity index (χ4n) is 6.83. The molecule has 0 unspecified atom stereocenters. The van der Waals surface area contributed by atoms with Crippen molar-refractivity contribution in [1.29, 1.82) is 0 Å². The molecule has 2 amide bonds. The van der Waals surface area contributed by atoms with Crippen molar-refractivity contribution in [2.45, 2.75) is 25.4 Å². The minimum absolute atomic E-state index is 0.0671. The Morgan fingerprint density at radius 3 is 2.23 bits per heavy atom. The van der Waals surface area contributed by atoms with E-state index in [1.54, 1.807) is 36.4 Å². The molecule has 0 spiro atoms. The van der Waals surface area contributed by atoms with Crippen LogP contribution in [-0.4, -0.2) is 46.5 Å². The summed E-state index contributed by atoms with van der Waals surface area (Å²) in [5, 5.41) is 33.0. The number of phenols is 1. The lowest BCUT2D eigenvalue weighted by atomic mass is 9.68. The molecule has 0 bridgehead atoms. The number of phenolic OH excluding ortho intramolecular Hbond substituents is 1. The van der Waals surface area contributed by atoms with Gasteiger partial charge in [-0.25, -0.2) is 0 Å². The number of para-hydroxylation sites is 2. The molecule has 3 N–H and O–H groups in total. The number of fused-ring (bicyclic) bond motifs is 1. The summed E-state index contributed by atoms with van der Waals surface area (Å²) in [6.45, 7) is -0.304. The van der Waals surface area contributed by atoms with Gasteiger partial charge in [0.1, 0.15) is 18.1 Å². The maximum atomic E-state index is 13.9. The van der Waals surface area contributed by atoms with Gasteiger partial charge in [-0.2, -0.15) is 0 Å². The molecular formula is C39H36ClNO6. The van der Waals surface area contributed by atoms with Crippen LogP contribution in [0.25, 0.3) is 11.6 Å². The van der Waals surface area contributed by atoms with Crippen LogP contribution in [0.3, 0.4) is 0 Å². The zero-order valence-electron chi connectivity index (χ0n) is 25.7. The van der Waals surface area contributed by atoms with Gasteiger partial charge in [0.25, 0.3) is 0 Å². The molecular weight excluding hydrogens is 614 g/mol. The quantitative estimate of drug-likeness (QED) is 0.0925. The first-order valence-corrected chi connectivity index (χ1v) is 16.1. The first kappa shape index (κ1) is 32.3. The molecule has 2 aliphatic rings. The highest BCUT2D eigenvalue weighted by Gasteiger charge is 2.55. The number of imide groups is 1. The number of rotatable bonds is 11. The van der Waals surface area contributed by atoms with Crippen LogP contribution >= 0.6 is 11.6 Å². The highest BCUT2D eigenvalue weighted by Crippen LogP contribution is 2.47. The number of hydrogen-bond acceptors (Lipinski definition) is 6. The normalized spacial score (nSPS) is 20.4. The number of benzene rings is 4. The number of hydrogen-bond donors (Lipinski definition) is 3. The number of aromatic hydroxyl groups is 1. The van der Waals surface area contributed by atoms with Crippen LogP contribution in [0, 0.1) is 17.8 Å². The zero-order valence-corrected chi connectivity index (χ0v) is 26.5. The number of allylic oxidation sites excluding steroid dienone is 1. The summed E-state index contributed by atoms with van der Waals surface area (Å²) in [4.78, 5) is 28.9. The Balaban J connectivity index is 1.34. The predicted molar refractivity (Wildman–Crippen MR) is 183 cm³/mol. The van der Waals surface area contributed by atoms with E-state index in [1.165, 1.54) is 11.0 Å². The number of halogens is 1. The average molecular weight is 650 g/mol. The summed E-state index contributed by atoms with van der Waals surface area (Å²) < 4.78 is 6.13. The lowest BCUT2D eigenvalue weighted by Crippen LogP contribution is -2.40. The lowest BCUT2D eigenvalue weighted by Gasteiger charge is -2.36. The summed E-state index contributed by atoms with van der Waals surface area (Å²) in [6, 6.07) is 32.6. The minimum atomic E-state index is -1.03. The molecule has 1 heterocycles. The van der Waals surface area contributed by atoms with Gasteiger partial charge in [0.2, 0.25) is 11.8 Å². The maximum Gasteiger partial charge on any atom is 0.238 e. The Hall–Kier alpha value is -4.69. The molecule has 0 radical (unpaired) electrons. The molecule has 6 rings (SSSR count). The fraction of sp³-hybridized carbons (Fsp3) is 0.231. The van der Waals surface area contributed by atoms with E-state index in [0.29, 0.717) is 34.0 Å². The van der Waals surface area contributed by atoms with Crippen LogP contribution in [0.15, 0.2) is 120 Å². The third-order valence-corrected chi connectivity index (χ3v) is 9.38. The molecule has 1 fully saturated rings. The van der Waals surface area contributed by atoms with Gasteiger partial charge in [-0.15, -0.1) is 0 Å². The zero-order chi connectivity index (χ0) is 32.9. The van der Waals surface area contributed by atoms with Crippen molar-refractivity contribution >= 4 is 40.8 Å². The molecule has 4 aromatic rings. The van der Waals surface area contributed by atoms with Crippen LogP contribution in [-0.2, 0) is 9.59 Å². The van der Waals surface area contributed by atoms with Crippen LogP contribution in [0.4, 0.5) is 5.69 Å². The third kappa shape index (κ3) is 6.88. The van der Waals surface area contributed by atoms with E-state index in [1.807, 2.05) is 72.8 Å². The summed E-state index contributed by atoms with van der Waals surface area (Å²) in [5.41, 5.74) is 4.34. The Labute approximate surface area is 279 Å². The molecule has 47 heavy (non-hydrogen) atoms. The van der Waals surface area contributed by atoms with Crippen LogP contribution in [0.2, 0.25) is 5.02 Å². The van der Waals surface area contributed by atoms with Crippen molar-refractivity contribution in [3.63, 3.8) is 0 Å². The van der Waals surface area contributed by atoms with Crippen molar-refractivity contribution in [1.82, 2.24) is 0 Å². The van der Waals surface area contributed by atoms with Crippen LogP contribution in [0.5, 0.6) is 11.5 Å². The topological polar surface area (TPSA) is 107 Å². The monoisotopic (exact) mass is 649 g/mol. The molecule has 4 atom stereocenters. The largest absolute Gasteiger partial charge is 0.508 e. The number of amides is 2. The Bertz CT molecular complexity index is 1790. The smallest absolute Gasteiger partial charge is 0.238 e. The van der Waals surface area contributed by atoms with Crippen molar-refractivity contribution in [2.24, 2.45) is 17.8 Å². The van der Waals surface area contributed by atoms with E-state index in [0.717, 1.165) is 16.7 Å². The number of anilines is 1. The first-order valence-electron chi connectivity index (χ1n) is 15.7. The van der Waals surface area contributed by atoms with Crippen molar-refractivity contribution < 1.29 is 29.6 Å². The Kier molecular flexibility index (Phi) is 9.87. The molecule has 240 valence electrons. The molecule has 1 aliphatic heterocycles. The predicted octanol–water partition coefficient (Wildman–Crippen LogP) is 6.92. The summed E-state index contributed by atoms with van der Waals surface area (Å²) in [5.74, 6) is -2.23. The molecule has 1 saturated heterocycles. The van der Waals surface area contributed by atoms with Gasteiger partial charge in [-0.05, 0) is 95.6 Å². The van der Waals surface area contributed by atoms with Gasteiger partial charge in [0.05, 0.1) is 35.3 Å². The van der Waals surface area contributed by atoms with Crippen molar-refractivity contribution in [3.05, 3.63) is 136 Å². The highest BCUT2D eigenvalue weighted by molar-refractivity contribution is 6.32. The molecule has 8 heteroatoms. The van der Waals surface area contributed by atoms with E-state index in [9.17, 15) is 24.9 Å². The van der Waals surface area contributed by atoms with E-state index in [-0.39, 0.29) is 37.0 Å². The molecule has 0 saturated carbocycles. The summed E-state index contributed by atoms with van der Waals surface area (Å²) >= 11 is 6.45. The SMILES string of the molecule is O=C1[C@@H]2[C@@H](CC(COc3ccccc3)=C([C@H](O)CC/C(=C/c3ccc(O)cc3Cl)c3ccccc3)[C@@H]2CO)C(=O)N1c1ccccc1. The maximum absolute atomic E-state index is 13.9. The summed E-state index contributed by atoms with van der Waals surface area (Å²) in [6.07, 6.45) is 1.86. The molecule has 0 aromatic heterocycles. The Morgan fingerprint density at radius 1 is 0.915 bits per heavy atom. The van der Waals surface area contributed by atoms with Crippen LogP contribution in [0.1, 0.15) is 30.4 Å². The number of nitrogens with zero attached hydrogens (tertiary/aromatic N) is 1. The van der Waals surface area contributed by atoms with Crippen molar-refractivity contribution in [3.8, 4) is 11.5 Å². The van der Waals surface area contributed by atoms with Crippen LogP contribution < -0.4 is 9.64 Å². The van der Waals surface area contributed by atoms with Gasteiger partial charge in [0, 0.05) is 5.92 Å². The number of carbonyl (C=O) groups excluding carboxylic acids is 2. The third-order valence-electron chi connectivity index (χ3n) is 9.06. The molecule has 1 aliphatic carbocycles. The van der Waals surface area contributed by atoms with Gasteiger partial charge in [-0.3, -0.25) is 14.5 Å². The molecule has 7 nitrogen and oxygen atoms in total. The van der Waals surface area contributed by atoms with Gasteiger partial charge < -0.3 is 20.1 Å². The second kappa shape index (κ2) is 14.4. The van der Waals surface area contributed by atoms with E-state index >= 15 is 0 Å². The number of aliphatic hydroxyl groups is 2. The fourth-order valence-corrected chi connectivity index (χ4v) is 7.06. The van der Waals surface area contributed by atoms with Crippen molar-refractivity contribution in [2.75, 3.05) is 18.1 Å². The minimum Gasteiger partial charge on any atom is -0.508 e. The number of aliphatic hydroxyl groups excluding tert-OH is 2. The number of carbonyl (C=O) groups is 2. The van der Waals surface area contributed by atoms with Gasteiger partial charge >= 0.3 is 0 Å². The average Bonchev–Trinajstić information content (AvgIpc) is 3.35. The van der Waals surface area contributed by atoms with E-state index in [4.69, 9.17) is 16.3 Å². The van der Waals surface area contributed by atoms with E-state index < -0.39 is 30.5 Å². The number of ether oxygens (including phenoxy) is 1. The van der Waals surface area contributed by atoms with Gasteiger partial charge in [-0.1, -0.05) is 78.3 Å². The Morgan fingerprint density at radius 2 is 1.57 bits per heavy atom. The van der Waals surface area contributed by atoms with Gasteiger partial charge in [0.15, 0.2) is 0 Å². The van der Waals surface area contributed by atoms with E-state index in [2.05, 4.69) is 0 Å². The highest BCUT2D eigenvalue weighted by atomic mass is 35.5. The lowest BCUT2D eigenvalue weighted by molar-refractivity contribution is -0.123.